The maximum atomic E-state index is 2.42. The molecule has 0 aliphatic carbocycles. The van der Waals surface area contributed by atoms with Crippen molar-refractivity contribution in [3.05, 3.63) is 133 Å². The summed E-state index contributed by atoms with van der Waals surface area (Å²) in [6, 6.07) is 48.2. The standard InChI is InChI=1S/C34H22B/c1-2-12-23(13-3-1)32-28-18-8-10-20-30(28)34(31-21-11-9-19-29(31)32)35-33-26-16-6-4-14-24(26)22-25-15-5-7-17-27(25)33/h1-22H. The van der Waals surface area contributed by atoms with Gasteiger partial charge in [-0.2, -0.15) is 0 Å². The normalized spacial score (nSPS) is 11.4. The molecule has 0 heterocycles. The lowest BCUT2D eigenvalue weighted by atomic mass is 9.58. The third kappa shape index (κ3) is 3.24. The summed E-state index contributed by atoms with van der Waals surface area (Å²) in [6.45, 7) is 0. The molecule has 7 aromatic rings. The molecule has 7 aromatic carbocycles. The van der Waals surface area contributed by atoms with Crippen molar-refractivity contribution >= 4 is 61.3 Å². The molecule has 0 saturated heterocycles. The smallest absolute Gasteiger partial charge is 0.0660 e. The molecule has 0 amide bonds. The van der Waals surface area contributed by atoms with Crippen LogP contribution in [0.3, 0.4) is 0 Å². The van der Waals surface area contributed by atoms with Crippen molar-refractivity contribution in [3.63, 3.8) is 0 Å². The number of benzene rings is 7. The van der Waals surface area contributed by atoms with Crippen LogP contribution in [-0.4, -0.2) is 7.28 Å². The van der Waals surface area contributed by atoms with Crippen molar-refractivity contribution in [1.29, 1.82) is 0 Å². The summed E-state index contributed by atoms with van der Waals surface area (Å²) < 4.78 is 0. The fourth-order valence-corrected chi connectivity index (χ4v) is 5.58. The molecule has 0 fully saturated rings. The maximum absolute atomic E-state index is 2.42. The molecule has 7 rings (SSSR count). The lowest BCUT2D eigenvalue weighted by Gasteiger charge is -2.18. The summed E-state index contributed by atoms with van der Waals surface area (Å²) in [5.74, 6) is 0. The Morgan fingerprint density at radius 1 is 0.343 bits per heavy atom. The number of hydrogen-bond acceptors (Lipinski definition) is 0. The van der Waals surface area contributed by atoms with E-state index in [1.54, 1.807) is 0 Å². The summed E-state index contributed by atoms with van der Waals surface area (Å²) in [6.07, 6.45) is 0. The van der Waals surface area contributed by atoms with Crippen molar-refractivity contribution in [2.45, 2.75) is 0 Å². The SMILES string of the molecule is [B](c1c2ccccc2cc2ccccc12)c1c2ccccc2c(-c2ccccc2)c2ccccc12. The zero-order valence-electron chi connectivity index (χ0n) is 19.3. The minimum Gasteiger partial charge on any atom is -0.0660 e. The van der Waals surface area contributed by atoms with E-state index in [1.165, 1.54) is 65.1 Å². The highest BCUT2D eigenvalue weighted by Gasteiger charge is 2.18. The van der Waals surface area contributed by atoms with Gasteiger partial charge in [0.05, 0.1) is 0 Å². The van der Waals surface area contributed by atoms with Gasteiger partial charge < -0.3 is 0 Å². The van der Waals surface area contributed by atoms with Crippen LogP contribution in [0.5, 0.6) is 0 Å². The van der Waals surface area contributed by atoms with E-state index in [4.69, 9.17) is 0 Å². The van der Waals surface area contributed by atoms with E-state index in [0.717, 1.165) is 0 Å². The summed E-state index contributed by atoms with van der Waals surface area (Å²) in [5, 5.41) is 10.2. The minimum absolute atomic E-state index is 1.25. The molecule has 1 radical (unpaired) electrons. The number of fused-ring (bicyclic) bond motifs is 4. The monoisotopic (exact) mass is 441 g/mol. The van der Waals surface area contributed by atoms with Gasteiger partial charge in [-0.3, -0.25) is 0 Å². The summed E-state index contributed by atoms with van der Waals surface area (Å²) >= 11 is 0. The van der Waals surface area contributed by atoms with Crippen molar-refractivity contribution < 1.29 is 0 Å². The Morgan fingerprint density at radius 3 is 1.29 bits per heavy atom. The van der Waals surface area contributed by atoms with Gasteiger partial charge in [0.1, 0.15) is 0 Å². The Labute approximate surface area is 205 Å². The van der Waals surface area contributed by atoms with Gasteiger partial charge >= 0.3 is 0 Å². The molecule has 0 N–H and O–H groups in total. The van der Waals surface area contributed by atoms with E-state index in [-0.39, 0.29) is 0 Å². The fourth-order valence-electron chi connectivity index (χ4n) is 5.58. The van der Waals surface area contributed by atoms with Gasteiger partial charge in [0.25, 0.3) is 0 Å². The molecule has 0 atom stereocenters. The summed E-state index contributed by atoms with van der Waals surface area (Å²) in [5.41, 5.74) is 5.11. The van der Waals surface area contributed by atoms with Gasteiger partial charge in [0.15, 0.2) is 7.28 Å². The van der Waals surface area contributed by atoms with E-state index in [1.807, 2.05) is 0 Å². The van der Waals surface area contributed by atoms with Crippen LogP contribution in [0.2, 0.25) is 0 Å². The minimum atomic E-state index is 1.25. The maximum Gasteiger partial charge on any atom is 0.194 e. The number of rotatable bonds is 3. The molecular formula is C34H22B. The predicted molar refractivity (Wildman–Crippen MR) is 153 cm³/mol. The highest BCUT2D eigenvalue weighted by molar-refractivity contribution is 6.77. The molecule has 161 valence electrons. The highest BCUT2D eigenvalue weighted by Crippen LogP contribution is 2.35. The zero-order chi connectivity index (χ0) is 23.2. The average Bonchev–Trinajstić information content (AvgIpc) is 2.93. The van der Waals surface area contributed by atoms with E-state index in [2.05, 4.69) is 141 Å². The third-order valence-corrected chi connectivity index (χ3v) is 7.14. The zero-order valence-corrected chi connectivity index (χ0v) is 19.3. The van der Waals surface area contributed by atoms with Crippen LogP contribution in [0.1, 0.15) is 0 Å². The summed E-state index contributed by atoms with van der Waals surface area (Å²) in [7, 11) is 2.42. The first-order valence-corrected chi connectivity index (χ1v) is 12.1. The van der Waals surface area contributed by atoms with Crippen LogP contribution >= 0.6 is 0 Å². The van der Waals surface area contributed by atoms with Crippen LogP contribution in [0.4, 0.5) is 0 Å². The lowest BCUT2D eigenvalue weighted by Crippen LogP contribution is -2.30. The Kier molecular flexibility index (Phi) is 4.67. The first-order valence-electron chi connectivity index (χ1n) is 12.1. The van der Waals surface area contributed by atoms with Crippen LogP contribution in [0, 0.1) is 0 Å². The van der Waals surface area contributed by atoms with Crippen molar-refractivity contribution in [3.8, 4) is 11.1 Å². The van der Waals surface area contributed by atoms with Crippen LogP contribution in [-0.2, 0) is 0 Å². The van der Waals surface area contributed by atoms with Crippen molar-refractivity contribution in [2.75, 3.05) is 0 Å². The first-order chi connectivity index (χ1) is 17.4. The molecule has 0 aliphatic heterocycles. The number of hydrogen-bond donors (Lipinski definition) is 0. The third-order valence-electron chi connectivity index (χ3n) is 7.14. The van der Waals surface area contributed by atoms with Crippen LogP contribution in [0.25, 0.3) is 54.2 Å². The second kappa shape index (κ2) is 8.15. The van der Waals surface area contributed by atoms with Gasteiger partial charge in [-0.25, -0.2) is 0 Å². The predicted octanol–water partition coefficient (Wildman–Crippen LogP) is 7.62. The second-order valence-electron chi connectivity index (χ2n) is 9.12. The molecular weight excluding hydrogens is 419 g/mol. The molecule has 0 saturated carbocycles. The molecule has 0 aliphatic rings. The van der Waals surface area contributed by atoms with E-state index in [9.17, 15) is 0 Å². The van der Waals surface area contributed by atoms with Crippen molar-refractivity contribution in [1.82, 2.24) is 0 Å². The Hall–Kier alpha value is -4.36. The molecule has 0 nitrogen and oxygen atoms in total. The quantitative estimate of drug-likeness (QED) is 0.195. The molecule has 0 spiro atoms. The van der Waals surface area contributed by atoms with Crippen molar-refractivity contribution in [2.24, 2.45) is 0 Å². The van der Waals surface area contributed by atoms with Gasteiger partial charge in [-0.1, -0.05) is 138 Å². The van der Waals surface area contributed by atoms with E-state index < -0.39 is 0 Å². The average molecular weight is 441 g/mol. The Balaban J connectivity index is 1.60. The largest absolute Gasteiger partial charge is 0.194 e. The molecule has 35 heavy (non-hydrogen) atoms. The highest BCUT2D eigenvalue weighted by atomic mass is 14.2. The van der Waals surface area contributed by atoms with Crippen LogP contribution in [0.15, 0.2) is 133 Å². The Morgan fingerprint density at radius 2 is 0.743 bits per heavy atom. The Bertz CT molecular complexity index is 1750. The lowest BCUT2D eigenvalue weighted by molar-refractivity contribution is 1.68. The summed E-state index contributed by atoms with van der Waals surface area (Å²) in [4.78, 5) is 0. The van der Waals surface area contributed by atoms with Gasteiger partial charge in [-0.15, -0.1) is 0 Å². The van der Waals surface area contributed by atoms with Gasteiger partial charge in [0.2, 0.25) is 0 Å². The van der Waals surface area contributed by atoms with Crippen LogP contribution < -0.4 is 10.9 Å². The van der Waals surface area contributed by atoms with Gasteiger partial charge in [0, 0.05) is 0 Å². The van der Waals surface area contributed by atoms with Gasteiger partial charge in [-0.05, 0) is 60.3 Å². The van der Waals surface area contributed by atoms with E-state index >= 15 is 0 Å². The molecule has 0 bridgehead atoms. The topological polar surface area (TPSA) is 0 Å². The molecule has 0 unspecified atom stereocenters. The second-order valence-corrected chi connectivity index (χ2v) is 9.12. The fraction of sp³-hybridized carbons (Fsp3) is 0. The molecule has 1 heteroatoms. The molecule has 0 aromatic heterocycles. The van der Waals surface area contributed by atoms with E-state index in [0.29, 0.717) is 0 Å². The first kappa shape index (κ1) is 20.1.